The average molecular weight is 463 g/mol. The third kappa shape index (κ3) is 5.69. The predicted octanol–water partition coefficient (Wildman–Crippen LogP) is 6.78. The Balaban J connectivity index is 0.000000452. The van der Waals surface area contributed by atoms with Gasteiger partial charge in [-0.2, -0.15) is 0 Å². The molecule has 0 aliphatic rings. The third-order valence-corrected chi connectivity index (χ3v) is 4.19. The van der Waals surface area contributed by atoms with Crippen molar-refractivity contribution in [2.45, 2.75) is 33.6 Å². The van der Waals surface area contributed by atoms with Crippen molar-refractivity contribution in [3.8, 4) is 11.1 Å². The van der Waals surface area contributed by atoms with E-state index in [1.807, 2.05) is 0 Å². The van der Waals surface area contributed by atoms with Crippen LogP contribution in [-0.4, -0.2) is 13.1 Å². The van der Waals surface area contributed by atoms with Gasteiger partial charge < -0.3 is 5.32 Å². The molecular formula is C20H19F10N. The molecule has 1 N–H and O–H groups in total. The summed E-state index contributed by atoms with van der Waals surface area (Å²) in [4.78, 5) is 0. The van der Waals surface area contributed by atoms with Crippen molar-refractivity contribution in [2.75, 3.05) is 13.1 Å². The number of halogens is 10. The Morgan fingerprint density at radius 2 is 0.839 bits per heavy atom. The monoisotopic (exact) mass is 463 g/mol. The Kier molecular flexibility index (Phi) is 9.79. The molecule has 1 atom stereocenters. The molecule has 0 aromatic heterocycles. The summed E-state index contributed by atoms with van der Waals surface area (Å²) in [5, 5.41) is 3.33. The normalized spacial score (nSPS) is 11.9. The van der Waals surface area contributed by atoms with E-state index >= 15 is 0 Å². The molecule has 2 aromatic rings. The van der Waals surface area contributed by atoms with E-state index in [9.17, 15) is 43.9 Å². The zero-order valence-electron chi connectivity index (χ0n) is 16.7. The lowest BCUT2D eigenvalue weighted by atomic mass is 10.0. The third-order valence-electron chi connectivity index (χ3n) is 4.19. The topological polar surface area (TPSA) is 12.0 Å². The van der Waals surface area contributed by atoms with Gasteiger partial charge >= 0.3 is 0 Å². The summed E-state index contributed by atoms with van der Waals surface area (Å²) in [6.45, 7) is 8.98. The summed E-state index contributed by atoms with van der Waals surface area (Å²) in [7, 11) is 0. The van der Waals surface area contributed by atoms with Crippen LogP contribution < -0.4 is 5.32 Å². The molecule has 0 saturated carbocycles. The summed E-state index contributed by atoms with van der Waals surface area (Å²) in [5.41, 5.74) is -4.52. The van der Waals surface area contributed by atoms with E-state index in [2.05, 4.69) is 26.1 Å². The first kappa shape index (κ1) is 26.7. The zero-order chi connectivity index (χ0) is 24.0. The molecule has 0 aliphatic carbocycles. The molecule has 0 fully saturated rings. The van der Waals surface area contributed by atoms with E-state index in [-0.39, 0.29) is 0 Å². The molecule has 174 valence electrons. The van der Waals surface area contributed by atoms with Gasteiger partial charge in [0.2, 0.25) is 11.6 Å². The van der Waals surface area contributed by atoms with Crippen LogP contribution in [0.3, 0.4) is 0 Å². The maximum absolute atomic E-state index is 13.4. The molecule has 0 heterocycles. The Bertz CT molecular complexity index is 804. The first-order valence-corrected chi connectivity index (χ1v) is 9.15. The molecule has 1 unspecified atom stereocenters. The lowest BCUT2D eigenvalue weighted by Gasteiger charge is -2.11. The SMILES string of the molecule is CCCC(C)CNCC.Fc1c(F)c(F)c(-c2c(F)c(F)c(F)c(F)c2F)c(F)c1F. The molecule has 2 aromatic carbocycles. The van der Waals surface area contributed by atoms with Gasteiger partial charge in [0.15, 0.2) is 46.5 Å². The van der Waals surface area contributed by atoms with E-state index in [4.69, 9.17) is 0 Å². The Morgan fingerprint density at radius 3 is 1.10 bits per heavy atom. The predicted molar refractivity (Wildman–Crippen MR) is 94.1 cm³/mol. The minimum absolute atomic E-state index is 0.856. The summed E-state index contributed by atoms with van der Waals surface area (Å²) in [5.74, 6) is -25.8. The van der Waals surface area contributed by atoms with Gasteiger partial charge in [-0.3, -0.25) is 0 Å². The van der Waals surface area contributed by atoms with Crippen molar-refractivity contribution >= 4 is 0 Å². The molecule has 0 spiro atoms. The van der Waals surface area contributed by atoms with E-state index < -0.39 is 69.3 Å². The number of rotatable bonds is 6. The molecule has 0 aliphatic heterocycles. The van der Waals surface area contributed by atoms with Crippen LogP contribution in [0.15, 0.2) is 0 Å². The van der Waals surface area contributed by atoms with Gasteiger partial charge in [-0.1, -0.05) is 27.2 Å². The molecule has 0 amide bonds. The van der Waals surface area contributed by atoms with Crippen molar-refractivity contribution in [3.05, 3.63) is 58.2 Å². The minimum Gasteiger partial charge on any atom is -0.317 e. The maximum atomic E-state index is 13.4. The first-order valence-electron chi connectivity index (χ1n) is 9.15. The quantitative estimate of drug-likeness (QED) is 0.283. The Morgan fingerprint density at radius 1 is 0.548 bits per heavy atom. The van der Waals surface area contributed by atoms with Gasteiger partial charge in [-0.15, -0.1) is 0 Å². The fourth-order valence-corrected chi connectivity index (χ4v) is 2.63. The van der Waals surface area contributed by atoms with Crippen molar-refractivity contribution in [1.82, 2.24) is 5.32 Å². The van der Waals surface area contributed by atoms with Gasteiger partial charge in [0.25, 0.3) is 0 Å². The number of benzene rings is 2. The minimum atomic E-state index is -2.68. The largest absolute Gasteiger partial charge is 0.317 e. The summed E-state index contributed by atoms with van der Waals surface area (Å²) >= 11 is 0. The second-order valence-electron chi connectivity index (χ2n) is 6.59. The highest BCUT2D eigenvalue weighted by Crippen LogP contribution is 2.37. The molecule has 11 heteroatoms. The van der Waals surface area contributed by atoms with Crippen molar-refractivity contribution < 1.29 is 43.9 Å². The van der Waals surface area contributed by atoms with Crippen molar-refractivity contribution in [3.63, 3.8) is 0 Å². The number of hydrogen-bond acceptors (Lipinski definition) is 1. The van der Waals surface area contributed by atoms with Gasteiger partial charge in [-0.25, -0.2) is 43.9 Å². The van der Waals surface area contributed by atoms with Crippen LogP contribution in [0.1, 0.15) is 33.6 Å². The van der Waals surface area contributed by atoms with Crippen molar-refractivity contribution in [1.29, 1.82) is 0 Å². The highest BCUT2D eigenvalue weighted by molar-refractivity contribution is 5.67. The van der Waals surface area contributed by atoms with Gasteiger partial charge in [0, 0.05) is 0 Å². The zero-order valence-corrected chi connectivity index (χ0v) is 16.7. The second kappa shape index (κ2) is 11.4. The highest BCUT2D eigenvalue weighted by Gasteiger charge is 2.34. The van der Waals surface area contributed by atoms with Gasteiger partial charge in [-0.05, 0) is 25.4 Å². The molecular weight excluding hydrogens is 444 g/mol. The van der Waals surface area contributed by atoms with Crippen LogP contribution in [0.2, 0.25) is 0 Å². The maximum Gasteiger partial charge on any atom is 0.200 e. The van der Waals surface area contributed by atoms with Crippen LogP contribution in [-0.2, 0) is 0 Å². The smallest absolute Gasteiger partial charge is 0.200 e. The summed E-state index contributed by atoms with van der Waals surface area (Å²) < 4.78 is 131. The van der Waals surface area contributed by atoms with E-state index in [1.54, 1.807) is 0 Å². The fraction of sp³-hybridized carbons (Fsp3) is 0.400. The molecule has 0 bridgehead atoms. The lowest BCUT2D eigenvalue weighted by Crippen LogP contribution is -2.20. The van der Waals surface area contributed by atoms with E-state index in [1.165, 1.54) is 19.4 Å². The van der Waals surface area contributed by atoms with E-state index in [0.717, 1.165) is 12.5 Å². The van der Waals surface area contributed by atoms with E-state index in [0.29, 0.717) is 0 Å². The van der Waals surface area contributed by atoms with Crippen LogP contribution >= 0.6 is 0 Å². The molecule has 31 heavy (non-hydrogen) atoms. The van der Waals surface area contributed by atoms with Crippen LogP contribution in [0, 0.1) is 64.1 Å². The Hall–Kier alpha value is -2.30. The highest BCUT2D eigenvalue weighted by atomic mass is 19.2. The summed E-state index contributed by atoms with van der Waals surface area (Å²) in [6.07, 6.45) is 2.67. The molecule has 0 saturated heterocycles. The first-order chi connectivity index (χ1) is 14.4. The fourth-order valence-electron chi connectivity index (χ4n) is 2.63. The Labute approximate surface area is 172 Å². The van der Waals surface area contributed by atoms with Gasteiger partial charge in [0.1, 0.15) is 0 Å². The van der Waals surface area contributed by atoms with Crippen molar-refractivity contribution in [2.24, 2.45) is 5.92 Å². The molecule has 1 nitrogen and oxygen atoms in total. The number of hydrogen-bond donors (Lipinski definition) is 1. The molecule has 0 radical (unpaired) electrons. The van der Waals surface area contributed by atoms with Gasteiger partial charge in [0.05, 0.1) is 11.1 Å². The standard InChI is InChI=1S/C12F10.C8H19N/c13-3-1(4(14)8(18)11(21)7(3)17)2-5(15)9(19)12(22)10(20)6(2)16;1-4-6-8(3)7-9-5-2/h;8-9H,4-7H2,1-3H3. The lowest BCUT2D eigenvalue weighted by molar-refractivity contribution is 0.370. The van der Waals surface area contributed by atoms with Crippen LogP contribution in [0.5, 0.6) is 0 Å². The number of nitrogens with one attached hydrogen (secondary N) is 1. The van der Waals surface area contributed by atoms with Crippen LogP contribution in [0.25, 0.3) is 11.1 Å². The second-order valence-corrected chi connectivity index (χ2v) is 6.59. The molecule has 2 rings (SSSR count). The van der Waals surface area contributed by atoms with Crippen LogP contribution in [0.4, 0.5) is 43.9 Å². The summed E-state index contributed by atoms with van der Waals surface area (Å²) in [6, 6.07) is 0. The average Bonchev–Trinajstić information content (AvgIpc) is 2.75.